The molecule has 0 radical (unpaired) electrons. The minimum atomic E-state index is 0.435. The Morgan fingerprint density at radius 3 is 2.64 bits per heavy atom. The number of hydrogen-bond donors (Lipinski definition) is 0. The Hall–Kier alpha value is -0.0800. The van der Waals surface area contributed by atoms with E-state index in [0.717, 1.165) is 25.7 Å². The van der Waals surface area contributed by atoms with Gasteiger partial charge in [0.05, 0.1) is 13.2 Å². The van der Waals surface area contributed by atoms with Crippen molar-refractivity contribution in [1.82, 2.24) is 0 Å². The fraction of sp³-hybridized carbons (Fsp3) is 1.00. The van der Waals surface area contributed by atoms with Crippen LogP contribution < -0.4 is 0 Å². The lowest BCUT2D eigenvalue weighted by atomic mass is 9.86. The van der Waals surface area contributed by atoms with E-state index in [1.807, 2.05) is 0 Å². The van der Waals surface area contributed by atoms with Gasteiger partial charge in [0.1, 0.15) is 6.10 Å². The number of rotatable bonds is 6. The Kier molecular flexibility index (Phi) is 4.26. The summed E-state index contributed by atoms with van der Waals surface area (Å²) in [5.74, 6) is 1.00. The third-order valence-corrected chi connectivity index (χ3v) is 3.33. The van der Waals surface area contributed by atoms with Crippen LogP contribution in [-0.2, 0) is 9.47 Å². The van der Waals surface area contributed by atoms with E-state index in [-0.39, 0.29) is 0 Å². The van der Waals surface area contributed by atoms with E-state index in [2.05, 4.69) is 0 Å². The van der Waals surface area contributed by atoms with Gasteiger partial charge in [-0.05, 0) is 18.8 Å². The summed E-state index contributed by atoms with van der Waals surface area (Å²) >= 11 is 0. The molecule has 0 bridgehead atoms. The van der Waals surface area contributed by atoms with Gasteiger partial charge in [-0.1, -0.05) is 32.1 Å². The van der Waals surface area contributed by atoms with Crippen LogP contribution in [0.1, 0.15) is 44.9 Å². The molecule has 0 aromatic carbocycles. The molecule has 0 aromatic rings. The molecule has 1 atom stereocenters. The fourth-order valence-corrected chi connectivity index (χ4v) is 2.33. The molecular formula is C12H22O2. The molecule has 14 heavy (non-hydrogen) atoms. The van der Waals surface area contributed by atoms with Gasteiger partial charge < -0.3 is 9.47 Å². The van der Waals surface area contributed by atoms with Crippen LogP contribution in [-0.4, -0.2) is 25.9 Å². The molecule has 0 amide bonds. The first-order valence-corrected chi connectivity index (χ1v) is 6.14. The topological polar surface area (TPSA) is 21.8 Å². The van der Waals surface area contributed by atoms with Gasteiger partial charge in [0.2, 0.25) is 0 Å². The van der Waals surface area contributed by atoms with E-state index in [1.54, 1.807) is 0 Å². The molecule has 0 N–H and O–H groups in total. The molecule has 1 saturated carbocycles. The quantitative estimate of drug-likeness (QED) is 0.483. The first kappa shape index (κ1) is 10.4. The van der Waals surface area contributed by atoms with E-state index in [9.17, 15) is 0 Å². The monoisotopic (exact) mass is 198 g/mol. The van der Waals surface area contributed by atoms with Crippen molar-refractivity contribution in [2.24, 2.45) is 5.92 Å². The molecule has 1 saturated heterocycles. The number of epoxide rings is 1. The van der Waals surface area contributed by atoms with Gasteiger partial charge >= 0.3 is 0 Å². The maximum absolute atomic E-state index is 5.52. The number of hydrogen-bond acceptors (Lipinski definition) is 2. The van der Waals surface area contributed by atoms with Crippen molar-refractivity contribution in [1.29, 1.82) is 0 Å². The zero-order chi connectivity index (χ0) is 9.64. The average molecular weight is 198 g/mol. The molecule has 0 spiro atoms. The zero-order valence-electron chi connectivity index (χ0n) is 9.04. The maximum atomic E-state index is 5.52. The second kappa shape index (κ2) is 5.72. The molecule has 1 aliphatic heterocycles. The van der Waals surface area contributed by atoms with Gasteiger partial charge in [0, 0.05) is 6.61 Å². The van der Waals surface area contributed by atoms with E-state index < -0.39 is 0 Å². The first-order valence-electron chi connectivity index (χ1n) is 6.14. The minimum Gasteiger partial charge on any atom is -0.379 e. The Labute approximate surface area is 87.0 Å². The van der Waals surface area contributed by atoms with Crippen LogP contribution in [0.3, 0.4) is 0 Å². The normalized spacial score (nSPS) is 27.9. The van der Waals surface area contributed by atoms with Crippen LogP contribution in [0.5, 0.6) is 0 Å². The van der Waals surface area contributed by atoms with Crippen LogP contribution in [0.2, 0.25) is 0 Å². The van der Waals surface area contributed by atoms with Crippen LogP contribution >= 0.6 is 0 Å². The SMILES string of the molecule is C1CCC(CCCOC[C@@H]2CO2)CC1. The van der Waals surface area contributed by atoms with Crippen molar-refractivity contribution in [3.63, 3.8) is 0 Å². The Bertz CT molecular complexity index is 148. The second-order valence-corrected chi connectivity index (χ2v) is 4.68. The van der Waals surface area contributed by atoms with Crippen molar-refractivity contribution in [2.45, 2.75) is 51.0 Å². The zero-order valence-corrected chi connectivity index (χ0v) is 9.04. The Morgan fingerprint density at radius 1 is 1.14 bits per heavy atom. The molecule has 82 valence electrons. The van der Waals surface area contributed by atoms with Crippen molar-refractivity contribution in [3.8, 4) is 0 Å². The predicted octanol–water partition coefficient (Wildman–Crippen LogP) is 2.76. The molecule has 2 heteroatoms. The Morgan fingerprint density at radius 2 is 1.93 bits per heavy atom. The highest BCUT2D eigenvalue weighted by Gasteiger charge is 2.22. The summed E-state index contributed by atoms with van der Waals surface area (Å²) in [6.45, 7) is 2.68. The lowest BCUT2D eigenvalue weighted by Gasteiger charge is -2.21. The van der Waals surface area contributed by atoms with Crippen molar-refractivity contribution in [2.75, 3.05) is 19.8 Å². The molecule has 0 aromatic heterocycles. The van der Waals surface area contributed by atoms with Gasteiger partial charge in [-0.3, -0.25) is 0 Å². The smallest absolute Gasteiger partial charge is 0.104 e. The van der Waals surface area contributed by atoms with Crippen LogP contribution in [0, 0.1) is 5.92 Å². The highest BCUT2D eigenvalue weighted by molar-refractivity contribution is 4.68. The summed E-state index contributed by atoms with van der Waals surface area (Å²) in [6.07, 6.45) is 10.4. The van der Waals surface area contributed by atoms with E-state index in [1.165, 1.54) is 44.9 Å². The lowest BCUT2D eigenvalue weighted by Crippen LogP contribution is -2.08. The molecule has 1 aliphatic carbocycles. The summed E-state index contributed by atoms with van der Waals surface area (Å²) in [5, 5.41) is 0. The van der Waals surface area contributed by atoms with Gasteiger partial charge in [-0.2, -0.15) is 0 Å². The van der Waals surface area contributed by atoms with Gasteiger partial charge in [-0.15, -0.1) is 0 Å². The van der Waals surface area contributed by atoms with Gasteiger partial charge in [0.25, 0.3) is 0 Å². The van der Waals surface area contributed by atoms with Gasteiger partial charge in [-0.25, -0.2) is 0 Å². The standard InChI is InChI=1S/C12H22O2/c1-2-5-11(6-3-1)7-4-8-13-9-12-10-14-12/h11-12H,1-10H2/t12-/m1/s1. The average Bonchev–Trinajstić information content (AvgIpc) is 3.03. The summed E-state index contributed by atoms with van der Waals surface area (Å²) in [4.78, 5) is 0. The van der Waals surface area contributed by atoms with Crippen molar-refractivity contribution >= 4 is 0 Å². The van der Waals surface area contributed by atoms with E-state index in [4.69, 9.17) is 9.47 Å². The summed E-state index contributed by atoms with van der Waals surface area (Å²) in [6, 6.07) is 0. The fourth-order valence-electron chi connectivity index (χ4n) is 2.33. The molecule has 2 fully saturated rings. The van der Waals surface area contributed by atoms with E-state index >= 15 is 0 Å². The highest BCUT2D eigenvalue weighted by Crippen LogP contribution is 2.27. The largest absolute Gasteiger partial charge is 0.379 e. The third-order valence-electron chi connectivity index (χ3n) is 3.33. The van der Waals surface area contributed by atoms with Crippen molar-refractivity contribution < 1.29 is 9.47 Å². The molecule has 2 aliphatic rings. The summed E-state index contributed by atoms with van der Waals surface area (Å²) in [7, 11) is 0. The lowest BCUT2D eigenvalue weighted by molar-refractivity contribution is 0.108. The first-order chi connectivity index (χ1) is 6.95. The highest BCUT2D eigenvalue weighted by atomic mass is 16.6. The van der Waals surface area contributed by atoms with Gasteiger partial charge in [0.15, 0.2) is 0 Å². The molecule has 2 rings (SSSR count). The summed E-state index contributed by atoms with van der Waals surface area (Å²) < 4.78 is 10.6. The van der Waals surface area contributed by atoms with Crippen LogP contribution in [0.4, 0.5) is 0 Å². The predicted molar refractivity (Wildman–Crippen MR) is 56.4 cm³/mol. The third kappa shape index (κ3) is 3.97. The molecule has 0 unspecified atom stereocenters. The molecule has 2 nitrogen and oxygen atoms in total. The van der Waals surface area contributed by atoms with Crippen LogP contribution in [0.15, 0.2) is 0 Å². The minimum absolute atomic E-state index is 0.435. The van der Waals surface area contributed by atoms with Crippen LogP contribution in [0.25, 0.3) is 0 Å². The van der Waals surface area contributed by atoms with E-state index in [0.29, 0.717) is 6.10 Å². The maximum Gasteiger partial charge on any atom is 0.104 e. The molecular weight excluding hydrogens is 176 g/mol. The Balaban J connectivity index is 1.41. The van der Waals surface area contributed by atoms with Crippen molar-refractivity contribution in [3.05, 3.63) is 0 Å². The number of ether oxygens (including phenoxy) is 2. The second-order valence-electron chi connectivity index (χ2n) is 4.68. The molecule has 1 heterocycles. The summed E-state index contributed by atoms with van der Waals surface area (Å²) in [5.41, 5.74) is 0.